The molecule has 0 spiro atoms. The van der Waals surface area contributed by atoms with E-state index in [2.05, 4.69) is 0 Å². The van der Waals surface area contributed by atoms with Crippen LogP contribution in [0.15, 0.2) is 0 Å². The molecule has 0 aromatic carbocycles. The standard InChI is InChI=1S/C16H27F2N3O/c17-16(18)10-21(11-16)13-6-8-20(9-7-13)15(22)14(19)12-4-2-1-3-5-12/h12-14H,1-11,19H2/t14-/m0/s1. The van der Waals surface area contributed by atoms with Crippen molar-refractivity contribution in [1.82, 2.24) is 9.80 Å². The summed E-state index contributed by atoms with van der Waals surface area (Å²) in [4.78, 5) is 16.2. The molecule has 1 atom stereocenters. The quantitative estimate of drug-likeness (QED) is 0.864. The highest BCUT2D eigenvalue weighted by molar-refractivity contribution is 5.82. The summed E-state index contributed by atoms with van der Waals surface area (Å²) < 4.78 is 25.9. The third kappa shape index (κ3) is 3.43. The van der Waals surface area contributed by atoms with Crippen LogP contribution < -0.4 is 5.73 Å². The molecule has 0 unspecified atom stereocenters. The molecule has 22 heavy (non-hydrogen) atoms. The molecule has 1 amide bonds. The van der Waals surface area contributed by atoms with Gasteiger partial charge in [-0.2, -0.15) is 0 Å². The highest BCUT2D eigenvalue weighted by atomic mass is 19.3. The molecule has 3 fully saturated rings. The molecule has 3 rings (SSSR count). The normalized spacial score (nSPS) is 29.1. The molecule has 0 radical (unpaired) electrons. The Morgan fingerprint density at radius 3 is 2.18 bits per heavy atom. The Bertz CT molecular complexity index is 396. The molecule has 2 aliphatic heterocycles. The molecular weight excluding hydrogens is 288 g/mol. The molecule has 1 aliphatic carbocycles. The topological polar surface area (TPSA) is 49.6 Å². The van der Waals surface area contributed by atoms with Gasteiger partial charge in [-0.05, 0) is 31.6 Å². The zero-order valence-corrected chi connectivity index (χ0v) is 13.1. The molecule has 1 saturated carbocycles. The number of hydrogen-bond donors (Lipinski definition) is 1. The fourth-order valence-electron chi connectivity index (χ4n) is 4.16. The first-order valence-corrected chi connectivity index (χ1v) is 8.62. The number of halogens is 2. The first-order valence-electron chi connectivity index (χ1n) is 8.62. The minimum absolute atomic E-state index is 0.0688. The Balaban J connectivity index is 1.45. The molecule has 4 nitrogen and oxygen atoms in total. The van der Waals surface area contributed by atoms with E-state index in [0.717, 1.165) is 25.7 Å². The maximum absolute atomic E-state index is 12.9. The lowest BCUT2D eigenvalue weighted by molar-refractivity contribution is -0.155. The minimum atomic E-state index is -2.50. The summed E-state index contributed by atoms with van der Waals surface area (Å²) in [5, 5.41) is 0. The second-order valence-electron chi connectivity index (χ2n) is 7.24. The monoisotopic (exact) mass is 315 g/mol. The van der Waals surface area contributed by atoms with Crippen LogP contribution in [-0.4, -0.2) is 59.9 Å². The third-order valence-electron chi connectivity index (χ3n) is 5.60. The number of carbonyl (C=O) groups is 1. The largest absolute Gasteiger partial charge is 0.341 e. The molecule has 3 aliphatic rings. The van der Waals surface area contributed by atoms with Gasteiger partial charge in [0.1, 0.15) is 0 Å². The van der Waals surface area contributed by atoms with Crippen molar-refractivity contribution in [3.63, 3.8) is 0 Å². The van der Waals surface area contributed by atoms with Crippen molar-refractivity contribution < 1.29 is 13.6 Å². The molecule has 6 heteroatoms. The predicted molar refractivity (Wildman–Crippen MR) is 80.7 cm³/mol. The molecule has 2 saturated heterocycles. The summed E-state index contributed by atoms with van der Waals surface area (Å²) in [7, 11) is 0. The predicted octanol–water partition coefficient (Wildman–Crippen LogP) is 1.84. The van der Waals surface area contributed by atoms with Gasteiger partial charge in [-0.3, -0.25) is 9.69 Å². The Kier molecular flexibility index (Phi) is 4.69. The number of alkyl halides is 2. The van der Waals surface area contributed by atoms with Crippen molar-refractivity contribution in [3.05, 3.63) is 0 Å². The number of nitrogens with zero attached hydrogens (tertiary/aromatic N) is 2. The van der Waals surface area contributed by atoms with Crippen molar-refractivity contribution >= 4 is 5.91 Å². The lowest BCUT2D eigenvalue weighted by atomic mass is 9.83. The van der Waals surface area contributed by atoms with Crippen molar-refractivity contribution in [2.45, 2.75) is 63.0 Å². The highest BCUT2D eigenvalue weighted by Gasteiger charge is 2.47. The lowest BCUT2D eigenvalue weighted by Gasteiger charge is -2.47. The van der Waals surface area contributed by atoms with Gasteiger partial charge < -0.3 is 10.6 Å². The second kappa shape index (κ2) is 6.40. The van der Waals surface area contributed by atoms with E-state index in [1.54, 1.807) is 0 Å². The molecular formula is C16H27F2N3O. The van der Waals surface area contributed by atoms with Crippen LogP contribution in [0.1, 0.15) is 44.9 Å². The summed E-state index contributed by atoms with van der Waals surface area (Å²) in [6.07, 6.45) is 7.31. The van der Waals surface area contributed by atoms with Crippen molar-refractivity contribution in [1.29, 1.82) is 0 Å². The molecule has 0 aromatic heterocycles. The number of rotatable bonds is 3. The van der Waals surface area contributed by atoms with Gasteiger partial charge in [-0.25, -0.2) is 8.78 Å². The third-order valence-corrected chi connectivity index (χ3v) is 5.60. The fourth-order valence-corrected chi connectivity index (χ4v) is 4.16. The SMILES string of the molecule is N[C@H](C(=O)N1CCC(N2CC(F)(F)C2)CC1)C1CCCCC1. The summed E-state index contributed by atoms with van der Waals surface area (Å²) in [6.45, 7) is 1.08. The zero-order valence-electron chi connectivity index (χ0n) is 13.1. The van der Waals surface area contributed by atoms with Gasteiger partial charge in [0.05, 0.1) is 19.1 Å². The van der Waals surface area contributed by atoms with E-state index in [4.69, 9.17) is 5.73 Å². The Morgan fingerprint density at radius 1 is 1.05 bits per heavy atom. The summed E-state index contributed by atoms with van der Waals surface area (Å²) in [5.41, 5.74) is 6.19. The van der Waals surface area contributed by atoms with Gasteiger partial charge in [0.15, 0.2) is 0 Å². The minimum Gasteiger partial charge on any atom is -0.341 e. The number of nitrogens with two attached hydrogens (primary N) is 1. The van der Waals surface area contributed by atoms with Crippen LogP contribution in [0.5, 0.6) is 0 Å². The van der Waals surface area contributed by atoms with Crippen LogP contribution in [-0.2, 0) is 4.79 Å². The van der Waals surface area contributed by atoms with E-state index in [1.807, 2.05) is 9.80 Å². The Labute approximate surface area is 131 Å². The average molecular weight is 315 g/mol. The van der Waals surface area contributed by atoms with Crippen molar-refractivity contribution in [3.8, 4) is 0 Å². The first-order chi connectivity index (χ1) is 10.5. The molecule has 0 bridgehead atoms. The maximum atomic E-state index is 12.9. The van der Waals surface area contributed by atoms with Crippen LogP contribution in [0.25, 0.3) is 0 Å². The highest BCUT2D eigenvalue weighted by Crippen LogP contribution is 2.32. The van der Waals surface area contributed by atoms with Gasteiger partial charge in [-0.15, -0.1) is 0 Å². The van der Waals surface area contributed by atoms with Crippen molar-refractivity contribution in [2.75, 3.05) is 26.2 Å². The molecule has 126 valence electrons. The van der Waals surface area contributed by atoms with E-state index in [1.165, 1.54) is 19.3 Å². The average Bonchev–Trinajstić information content (AvgIpc) is 2.52. The smallest absolute Gasteiger partial charge is 0.272 e. The van der Waals surface area contributed by atoms with E-state index >= 15 is 0 Å². The molecule has 2 heterocycles. The number of likely N-dealkylation sites (tertiary alicyclic amines) is 2. The van der Waals surface area contributed by atoms with E-state index in [0.29, 0.717) is 19.0 Å². The van der Waals surface area contributed by atoms with Gasteiger partial charge >= 0.3 is 0 Å². The summed E-state index contributed by atoms with van der Waals surface area (Å²) >= 11 is 0. The summed E-state index contributed by atoms with van der Waals surface area (Å²) in [5.74, 6) is -2.11. The Hall–Kier alpha value is -0.750. The van der Waals surface area contributed by atoms with Crippen LogP contribution in [0, 0.1) is 5.92 Å². The number of hydrogen-bond acceptors (Lipinski definition) is 3. The van der Waals surface area contributed by atoms with Gasteiger partial charge in [0.25, 0.3) is 5.92 Å². The number of carbonyl (C=O) groups excluding carboxylic acids is 1. The van der Waals surface area contributed by atoms with Gasteiger partial charge in [-0.1, -0.05) is 19.3 Å². The van der Waals surface area contributed by atoms with Crippen molar-refractivity contribution in [2.24, 2.45) is 11.7 Å². The van der Waals surface area contributed by atoms with Crippen LogP contribution in [0.2, 0.25) is 0 Å². The second-order valence-corrected chi connectivity index (χ2v) is 7.24. The maximum Gasteiger partial charge on any atom is 0.272 e. The number of amides is 1. The van der Waals surface area contributed by atoms with E-state index < -0.39 is 5.92 Å². The summed E-state index contributed by atoms with van der Waals surface area (Å²) in [6, 6.07) is -0.167. The zero-order chi connectivity index (χ0) is 15.7. The van der Waals surface area contributed by atoms with Gasteiger partial charge in [0, 0.05) is 19.1 Å². The number of piperidine rings is 1. The van der Waals surface area contributed by atoms with E-state index in [-0.39, 0.29) is 31.1 Å². The molecule has 2 N–H and O–H groups in total. The van der Waals surface area contributed by atoms with Crippen LogP contribution in [0.4, 0.5) is 8.78 Å². The Morgan fingerprint density at radius 2 is 1.64 bits per heavy atom. The lowest BCUT2D eigenvalue weighted by Crippen LogP contribution is -2.62. The van der Waals surface area contributed by atoms with Gasteiger partial charge in [0.2, 0.25) is 5.91 Å². The van der Waals surface area contributed by atoms with E-state index in [9.17, 15) is 13.6 Å². The fraction of sp³-hybridized carbons (Fsp3) is 0.938. The first kappa shape index (κ1) is 16.1. The molecule has 0 aromatic rings. The van der Waals surface area contributed by atoms with Crippen LogP contribution in [0.3, 0.4) is 0 Å². The van der Waals surface area contributed by atoms with Crippen LogP contribution >= 0.6 is 0 Å².